The lowest BCUT2D eigenvalue weighted by Crippen LogP contribution is -2.37. The van der Waals surface area contributed by atoms with Crippen molar-refractivity contribution in [2.45, 2.75) is 35.6 Å². The zero-order chi connectivity index (χ0) is 18.8. The number of carbonyl (C=O) groups is 1. The molecule has 4 nitrogen and oxygen atoms in total. The van der Waals surface area contributed by atoms with Crippen LogP contribution in [0, 0.1) is 17.8 Å². The maximum absolute atomic E-state index is 13.1. The molecule has 0 unspecified atom stereocenters. The molecule has 1 aliphatic carbocycles. The van der Waals surface area contributed by atoms with Crippen LogP contribution < -0.4 is 10.2 Å². The maximum atomic E-state index is 13.1. The molecule has 2 aliphatic rings. The van der Waals surface area contributed by atoms with E-state index >= 15 is 0 Å². The number of hydrogen-bond acceptors (Lipinski definition) is 4. The van der Waals surface area contributed by atoms with Gasteiger partial charge in [0.15, 0.2) is 0 Å². The number of benzene rings is 2. The highest BCUT2D eigenvalue weighted by atomic mass is 32.2. The average molecular weight is 378 g/mol. The van der Waals surface area contributed by atoms with Crippen LogP contribution in [-0.2, 0) is 0 Å². The Morgan fingerprint density at radius 1 is 1.22 bits per heavy atom. The fraction of sp³-hybridized carbons (Fsp3) is 0.318. The number of hydrogen-bond donors (Lipinski definition) is 2. The second kappa shape index (κ2) is 7.67. The molecule has 2 N–H and O–H groups in total. The van der Waals surface area contributed by atoms with Gasteiger partial charge in [0.1, 0.15) is 0 Å². The molecule has 2 aromatic rings. The van der Waals surface area contributed by atoms with Gasteiger partial charge in [-0.15, -0.1) is 5.92 Å². The van der Waals surface area contributed by atoms with E-state index in [0.717, 1.165) is 39.6 Å². The first-order valence-electron chi connectivity index (χ1n) is 9.19. The van der Waals surface area contributed by atoms with E-state index in [-0.39, 0.29) is 12.5 Å². The van der Waals surface area contributed by atoms with Crippen molar-refractivity contribution in [2.24, 2.45) is 5.92 Å². The van der Waals surface area contributed by atoms with Crippen molar-refractivity contribution in [1.29, 1.82) is 0 Å². The van der Waals surface area contributed by atoms with Crippen LogP contribution in [0.2, 0.25) is 0 Å². The molecule has 27 heavy (non-hydrogen) atoms. The summed E-state index contributed by atoms with van der Waals surface area (Å²) >= 11 is 1.63. The highest BCUT2D eigenvalue weighted by Gasteiger charge is 2.30. The van der Waals surface area contributed by atoms with Crippen LogP contribution in [0.3, 0.4) is 0 Å². The van der Waals surface area contributed by atoms with E-state index in [0.29, 0.717) is 18.5 Å². The van der Waals surface area contributed by atoms with Crippen LogP contribution in [0.15, 0.2) is 52.3 Å². The zero-order valence-corrected chi connectivity index (χ0v) is 16.1. The quantitative estimate of drug-likeness (QED) is 0.790. The number of rotatable bonds is 4. The van der Waals surface area contributed by atoms with Crippen LogP contribution >= 0.6 is 11.8 Å². The zero-order valence-electron chi connectivity index (χ0n) is 15.2. The maximum Gasteiger partial charge on any atom is 0.260 e. The van der Waals surface area contributed by atoms with Gasteiger partial charge >= 0.3 is 0 Å². The molecule has 1 amide bonds. The third-order valence-electron chi connectivity index (χ3n) is 5.11. The topological polar surface area (TPSA) is 52.6 Å². The van der Waals surface area contributed by atoms with Crippen molar-refractivity contribution in [3.8, 4) is 11.8 Å². The van der Waals surface area contributed by atoms with Gasteiger partial charge in [0.2, 0.25) is 0 Å². The van der Waals surface area contributed by atoms with Crippen molar-refractivity contribution in [2.75, 3.05) is 23.4 Å². The molecule has 0 atom stereocenters. The molecule has 1 aliphatic heterocycles. The molecule has 2 aromatic carbocycles. The molecule has 0 spiro atoms. The first-order chi connectivity index (χ1) is 13.2. The Morgan fingerprint density at radius 2 is 2.04 bits per heavy atom. The minimum Gasteiger partial charge on any atom is -0.396 e. The molecular formula is C22H22N2O2S. The minimum atomic E-state index is -0.00918. The Morgan fingerprint density at radius 3 is 2.81 bits per heavy atom. The van der Waals surface area contributed by atoms with E-state index in [2.05, 4.69) is 23.2 Å². The summed E-state index contributed by atoms with van der Waals surface area (Å²) in [4.78, 5) is 16.9. The molecule has 0 bridgehead atoms. The van der Waals surface area contributed by atoms with Crippen LogP contribution in [0.25, 0.3) is 0 Å². The lowest BCUT2D eigenvalue weighted by molar-refractivity contribution is 0.0987. The van der Waals surface area contributed by atoms with Crippen molar-refractivity contribution in [3.05, 3.63) is 48.0 Å². The summed E-state index contributed by atoms with van der Waals surface area (Å²) in [5.41, 5.74) is 2.67. The summed E-state index contributed by atoms with van der Waals surface area (Å²) in [6, 6.07) is 14.3. The highest BCUT2D eigenvalue weighted by molar-refractivity contribution is 7.99. The smallest absolute Gasteiger partial charge is 0.260 e. The first kappa shape index (κ1) is 18.0. The van der Waals surface area contributed by atoms with E-state index in [1.54, 1.807) is 23.6 Å². The van der Waals surface area contributed by atoms with E-state index in [1.165, 1.54) is 0 Å². The lowest BCUT2D eigenvalue weighted by atomic mass is 9.81. The van der Waals surface area contributed by atoms with Gasteiger partial charge in [-0.05, 0) is 56.0 Å². The van der Waals surface area contributed by atoms with Crippen LogP contribution in [-0.4, -0.2) is 30.2 Å². The summed E-state index contributed by atoms with van der Waals surface area (Å²) in [6.07, 6.45) is 2.00. The first-order valence-corrected chi connectivity index (χ1v) is 10.0. The molecule has 0 aromatic heterocycles. The van der Waals surface area contributed by atoms with Crippen LogP contribution in [0.5, 0.6) is 0 Å². The van der Waals surface area contributed by atoms with E-state index < -0.39 is 0 Å². The molecule has 1 heterocycles. The number of aliphatic hydroxyl groups excluding tert-OH is 1. The van der Waals surface area contributed by atoms with Gasteiger partial charge in [-0.25, -0.2) is 0 Å². The van der Waals surface area contributed by atoms with Gasteiger partial charge in [0, 0.05) is 28.1 Å². The standard InChI is InChI=1S/C22H22N2O2S/c1-2-3-10-24-19-9-8-16(23-17-11-15(12-17)14-25)13-21(19)27-20-7-5-4-6-18(20)22(24)26/h4-9,13,15,17,23,25H,10-12,14H2,1H3. The second-order valence-electron chi connectivity index (χ2n) is 6.96. The number of nitrogens with zero attached hydrogens (tertiary/aromatic N) is 1. The van der Waals surface area contributed by atoms with Gasteiger partial charge in [-0.1, -0.05) is 29.8 Å². The number of aliphatic hydroxyl groups is 1. The third kappa shape index (κ3) is 3.55. The molecule has 0 saturated heterocycles. The molecule has 5 heteroatoms. The Labute approximate surface area is 164 Å². The van der Waals surface area contributed by atoms with Crippen LogP contribution in [0.4, 0.5) is 11.4 Å². The summed E-state index contributed by atoms with van der Waals surface area (Å²) in [6.45, 7) is 2.44. The Balaban J connectivity index is 1.67. The molecule has 1 saturated carbocycles. The number of carbonyl (C=O) groups excluding carboxylic acids is 1. The number of anilines is 2. The average Bonchev–Trinajstić information content (AvgIpc) is 2.76. The van der Waals surface area contributed by atoms with Crippen molar-refractivity contribution in [1.82, 2.24) is 0 Å². The van der Waals surface area contributed by atoms with Gasteiger partial charge < -0.3 is 10.4 Å². The van der Waals surface area contributed by atoms with Gasteiger partial charge in [-0.3, -0.25) is 9.69 Å². The highest BCUT2D eigenvalue weighted by Crippen LogP contribution is 2.43. The fourth-order valence-corrected chi connectivity index (χ4v) is 4.69. The summed E-state index contributed by atoms with van der Waals surface area (Å²) in [5.74, 6) is 6.33. The van der Waals surface area contributed by atoms with E-state index in [4.69, 9.17) is 0 Å². The molecule has 1 fully saturated rings. The van der Waals surface area contributed by atoms with E-state index in [9.17, 15) is 9.90 Å². The fourth-order valence-electron chi connectivity index (χ4n) is 3.57. The summed E-state index contributed by atoms with van der Waals surface area (Å²) in [7, 11) is 0. The third-order valence-corrected chi connectivity index (χ3v) is 6.23. The molecular weight excluding hydrogens is 356 g/mol. The summed E-state index contributed by atoms with van der Waals surface area (Å²) in [5, 5.41) is 12.7. The molecule has 4 rings (SSSR count). The Hall–Kier alpha value is -2.42. The van der Waals surface area contributed by atoms with Gasteiger partial charge in [-0.2, -0.15) is 0 Å². The minimum absolute atomic E-state index is 0.00918. The SMILES string of the molecule is CC#CCN1C(=O)c2ccccc2Sc2cc(NC3CC(CO)C3)ccc21. The predicted molar refractivity (Wildman–Crippen MR) is 109 cm³/mol. The van der Waals surface area contributed by atoms with E-state index in [1.807, 2.05) is 36.4 Å². The van der Waals surface area contributed by atoms with Crippen molar-refractivity contribution in [3.63, 3.8) is 0 Å². The largest absolute Gasteiger partial charge is 0.396 e. The molecule has 138 valence electrons. The van der Waals surface area contributed by atoms with Gasteiger partial charge in [0.05, 0.1) is 17.8 Å². The second-order valence-corrected chi connectivity index (χ2v) is 8.04. The van der Waals surface area contributed by atoms with Crippen molar-refractivity contribution < 1.29 is 9.90 Å². The van der Waals surface area contributed by atoms with Crippen LogP contribution in [0.1, 0.15) is 30.1 Å². The van der Waals surface area contributed by atoms with Crippen molar-refractivity contribution >= 4 is 29.0 Å². The summed E-state index contributed by atoms with van der Waals surface area (Å²) < 4.78 is 0. The predicted octanol–water partition coefficient (Wildman–Crippen LogP) is 4.00. The monoisotopic (exact) mass is 378 g/mol. The number of fused-ring (bicyclic) bond motifs is 2. The number of nitrogens with one attached hydrogen (secondary N) is 1. The lowest BCUT2D eigenvalue weighted by Gasteiger charge is -2.35. The Kier molecular flexibility index (Phi) is 5.11. The van der Waals surface area contributed by atoms with Gasteiger partial charge in [0.25, 0.3) is 5.91 Å². The number of amides is 1. The normalized spacial score (nSPS) is 20.5. The molecule has 0 radical (unpaired) electrons. The Bertz CT molecular complexity index is 925.